The fraction of sp³-hybridized carbons (Fsp3) is 0.571. The molecule has 0 spiro atoms. The van der Waals surface area contributed by atoms with Crippen molar-refractivity contribution >= 4 is 0 Å². The number of aliphatic hydroxyl groups excluding tert-OH is 3. The molecule has 0 bridgehead atoms. The van der Waals surface area contributed by atoms with Gasteiger partial charge in [0, 0.05) is 12.0 Å². The summed E-state index contributed by atoms with van der Waals surface area (Å²) in [6.45, 7) is -0.194. The fourth-order valence-corrected chi connectivity index (χ4v) is 2.14. The van der Waals surface area contributed by atoms with Crippen molar-refractivity contribution in [3.05, 3.63) is 29.8 Å². The maximum absolute atomic E-state index is 9.77. The molecular formula is C14H20O7. The highest BCUT2D eigenvalue weighted by atomic mass is 17.2. The van der Waals surface area contributed by atoms with Crippen LogP contribution in [-0.4, -0.2) is 53.6 Å². The van der Waals surface area contributed by atoms with Crippen molar-refractivity contribution in [3.8, 4) is 5.75 Å². The molecule has 1 fully saturated rings. The Balaban J connectivity index is 2.04. The summed E-state index contributed by atoms with van der Waals surface area (Å²) < 4.78 is 11.1. The minimum Gasteiger partial charge on any atom is -0.464 e. The molecule has 4 atom stereocenters. The molecule has 21 heavy (non-hydrogen) atoms. The molecule has 1 saturated heterocycles. The molecule has 0 radical (unpaired) electrons. The van der Waals surface area contributed by atoms with Crippen LogP contribution in [-0.2, 0) is 21.1 Å². The van der Waals surface area contributed by atoms with Crippen LogP contribution in [0.3, 0.4) is 0 Å². The van der Waals surface area contributed by atoms with Crippen molar-refractivity contribution in [2.45, 2.75) is 37.6 Å². The maximum atomic E-state index is 9.77. The second-order valence-corrected chi connectivity index (χ2v) is 4.73. The Morgan fingerprint density at radius 3 is 2.76 bits per heavy atom. The van der Waals surface area contributed by atoms with E-state index in [1.165, 1.54) is 7.11 Å². The molecule has 1 aliphatic heterocycles. The van der Waals surface area contributed by atoms with Gasteiger partial charge in [0.25, 0.3) is 0 Å². The molecule has 1 aromatic carbocycles. The lowest BCUT2D eigenvalue weighted by Crippen LogP contribution is -2.51. The van der Waals surface area contributed by atoms with Crippen molar-refractivity contribution in [2.75, 3.05) is 13.7 Å². The van der Waals surface area contributed by atoms with E-state index < -0.39 is 31.2 Å². The van der Waals surface area contributed by atoms with Crippen LogP contribution in [0.2, 0.25) is 0 Å². The molecule has 1 heterocycles. The standard InChI is InChI=1S/C14H20O7/c1-18-19-8-9-4-2-3-5-11(9)20-13-6-10(16)14(17)12(7-15)21-13/h2-5,10,12-17H,6-8H2,1H3/t10-,12?,13-,14+/m1/s1. The summed E-state index contributed by atoms with van der Waals surface area (Å²) in [5.74, 6) is 0.528. The molecule has 1 unspecified atom stereocenters. The number of ether oxygens (including phenoxy) is 2. The van der Waals surface area contributed by atoms with Crippen LogP contribution in [0.4, 0.5) is 0 Å². The van der Waals surface area contributed by atoms with Gasteiger partial charge in [-0.25, -0.2) is 9.78 Å². The first-order chi connectivity index (χ1) is 10.2. The van der Waals surface area contributed by atoms with E-state index in [9.17, 15) is 10.2 Å². The molecule has 7 nitrogen and oxygen atoms in total. The summed E-state index contributed by atoms with van der Waals surface area (Å²) in [4.78, 5) is 9.44. The first-order valence-corrected chi connectivity index (χ1v) is 6.68. The second kappa shape index (κ2) is 7.69. The zero-order valence-corrected chi connectivity index (χ0v) is 11.7. The van der Waals surface area contributed by atoms with Crippen molar-refractivity contribution in [1.29, 1.82) is 0 Å². The monoisotopic (exact) mass is 300 g/mol. The lowest BCUT2D eigenvalue weighted by atomic mass is 10.0. The molecular weight excluding hydrogens is 280 g/mol. The Kier molecular flexibility index (Phi) is 5.92. The molecule has 7 heteroatoms. The number of benzene rings is 1. The molecule has 0 aromatic heterocycles. The quantitative estimate of drug-likeness (QED) is 0.501. The first kappa shape index (κ1) is 16.2. The van der Waals surface area contributed by atoms with Gasteiger partial charge in [0.15, 0.2) is 0 Å². The van der Waals surface area contributed by atoms with Gasteiger partial charge in [-0.2, -0.15) is 0 Å². The molecule has 118 valence electrons. The molecule has 0 aliphatic carbocycles. The van der Waals surface area contributed by atoms with Crippen molar-refractivity contribution < 1.29 is 34.6 Å². The highest BCUT2D eigenvalue weighted by Crippen LogP contribution is 2.26. The summed E-state index contributed by atoms with van der Waals surface area (Å²) >= 11 is 0. The lowest BCUT2D eigenvalue weighted by Gasteiger charge is -2.36. The Bertz CT molecular complexity index is 439. The van der Waals surface area contributed by atoms with E-state index in [4.69, 9.17) is 19.5 Å². The average Bonchev–Trinajstić information content (AvgIpc) is 2.50. The van der Waals surface area contributed by atoms with Crippen molar-refractivity contribution in [2.24, 2.45) is 0 Å². The predicted molar refractivity (Wildman–Crippen MR) is 71.2 cm³/mol. The van der Waals surface area contributed by atoms with Crippen LogP contribution < -0.4 is 4.74 Å². The number of hydrogen-bond acceptors (Lipinski definition) is 7. The minimum atomic E-state index is -1.12. The van der Waals surface area contributed by atoms with Crippen LogP contribution >= 0.6 is 0 Å². The highest BCUT2D eigenvalue weighted by Gasteiger charge is 2.37. The predicted octanol–water partition coefficient (Wildman–Crippen LogP) is -0.0275. The maximum Gasteiger partial charge on any atom is 0.202 e. The van der Waals surface area contributed by atoms with Gasteiger partial charge < -0.3 is 24.8 Å². The third kappa shape index (κ3) is 4.13. The van der Waals surface area contributed by atoms with Crippen LogP contribution in [0.1, 0.15) is 12.0 Å². The summed E-state index contributed by atoms with van der Waals surface area (Å²) in [6, 6.07) is 7.18. The zero-order chi connectivity index (χ0) is 15.2. The number of hydrogen-bond donors (Lipinski definition) is 3. The number of rotatable bonds is 6. The average molecular weight is 300 g/mol. The second-order valence-electron chi connectivity index (χ2n) is 4.73. The van der Waals surface area contributed by atoms with Gasteiger partial charge in [0.2, 0.25) is 6.29 Å². The minimum absolute atomic E-state index is 0.108. The van der Waals surface area contributed by atoms with Crippen LogP contribution in [0, 0.1) is 0 Å². The van der Waals surface area contributed by atoms with Crippen LogP contribution in [0.25, 0.3) is 0 Å². The van der Waals surface area contributed by atoms with Gasteiger partial charge in [-0.1, -0.05) is 18.2 Å². The first-order valence-electron chi connectivity index (χ1n) is 6.68. The molecule has 2 rings (SSSR count). The van der Waals surface area contributed by atoms with E-state index in [2.05, 4.69) is 4.89 Å². The molecule has 0 saturated carbocycles. The van der Waals surface area contributed by atoms with Gasteiger partial charge in [-0.05, 0) is 6.07 Å². The largest absolute Gasteiger partial charge is 0.464 e. The van der Waals surface area contributed by atoms with E-state index in [1.807, 2.05) is 12.1 Å². The summed E-state index contributed by atoms with van der Waals surface area (Å²) in [5.41, 5.74) is 0.754. The van der Waals surface area contributed by atoms with Gasteiger partial charge >= 0.3 is 0 Å². The van der Waals surface area contributed by atoms with E-state index in [0.717, 1.165) is 5.56 Å². The smallest absolute Gasteiger partial charge is 0.202 e. The number of aliphatic hydroxyl groups is 3. The van der Waals surface area contributed by atoms with Crippen LogP contribution in [0.5, 0.6) is 5.75 Å². The molecule has 1 aliphatic rings. The summed E-state index contributed by atoms with van der Waals surface area (Å²) in [5, 5.41) is 28.6. The zero-order valence-electron chi connectivity index (χ0n) is 11.7. The number of para-hydroxylation sites is 1. The van der Waals surface area contributed by atoms with E-state index >= 15 is 0 Å². The summed E-state index contributed by atoms with van der Waals surface area (Å²) in [7, 11) is 1.41. The van der Waals surface area contributed by atoms with E-state index in [1.54, 1.807) is 12.1 Å². The lowest BCUT2D eigenvalue weighted by molar-refractivity contribution is -0.282. The van der Waals surface area contributed by atoms with E-state index in [0.29, 0.717) is 5.75 Å². The molecule has 3 N–H and O–H groups in total. The van der Waals surface area contributed by atoms with E-state index in [-0.39, 0.29) is 13.0 Å². The van der Waals surface area contributed by atoms with Crippen molar-refractivity contribution in [3.63, 3.8) is 0 Å². The SMILES string of the molecule is COOCc1ccccc1O[C@H]1C[C@@H](O)[C@H](O)C(CO)O1. The topological polar surface area (TPSA) is 97.6 Å². The highest BCUT2D eigenvalue weighted by molar-refractivity contribution is 5.32. The molecule has 0 amide bonds. The Labute approximate surface area is 122 Å². The fourth-order valence-electron chi connectivity index (χ4n) is 2.14. The summed E-state index contributed by atoms with van der Waals surface area (Å²) in [6.07, 6.45) is -3.66. The Hall–Kier alpha value is -1.22. The van der Waals surface area contributed by atoms with Gasteiger partial charge in [-0.15, -0.1) is 0 Å². The molecule has 1 aromatic rings. The van der Waals surface area contributed by atoms with Gasteiger partial charge in [0.1, 0.15) is 24.6 Å². The van der Waals surface area contributed by atoms with Gasteiger partial charge in [0.05, 0.1) is 19.8 Å². The Morgan fingerprint density at radius 1 is 1.29 bits per heavy atom. The van der Waals surface area contributed by atoms with Gasteiger partial charge in [-0.3, -0.25) is 0 Å². The van der Waals surface area contributed by atoms with Crippen LogP contribution in [0.15, 0.2) is 24.3 Å². The Morgan fingerprint density at radius 2 is 2.05 bits per heavy atom. The van der Waals surface area contributed by atoms with Crippen molar-refractivity contribution in [1.82, 2.24) is 0 Å². The third-order valence-electron chi connectivity index (χ3n) is 3.28. The third-order valence-corrected chi connectivity index (χ3v) is 3.28. The normalized spacial score (nSPS) is 29.3.